The molecule has 1 saturated carbocycles. The maximum absolute atomic E-state index is 13.1. The third-order valence-corrected chi connectivity index (χ3v) is 6.49. The summed E-state index contributed by atoms with van der Waals surface area (Å²) in [5, 5.41) is 0. The molecule has 4 heteroatoms. The Morgan fingerprint density at radius 3 is 2.62 bits per heavy atom. The SMILES string of the molecule is CCc1ccc(/C=C2\Oc3c(cc4c(c3C)OCN(C3CCCC3)C4)C2=O)cc1. The molecule has 0 spiro atoms. The molecular formula is C25H27NO3. The molecule has 0 N–H and O–H groups in total. The zero-order chi connectivity index (χ0) is 20.0. The van der Waals surface area contributed by atoms with Crippen LogP contribution in [0.25, 0.3) is 6.08 Å². The van der Waals surface area contributed by atoms with Gasteiger partial charge >= 0.3 is 0 Å². The smallest absolute Gasteiger partial charge is 0.231 e. The number of allylic oxidation sites excluding steroid dienone is 1. The van der Waals surface area contributed by atoms with E-state index in [0.29, 0.717) is 29.8 Å². The van der Waals surface area contributed by atoms with Crippen molar-refractivity contribution < 1.29 is 14.3 Å². The van der Waals surface area contributed by atoms with E-state index < -0.39 is 0 Å². The zero-order valence-electron chi connectivity index (χ0n) is 17.2. The van der Waals surface area contributed by atoms with E-state index >= 15 is 0 Å². The number of carbonyl (C=O) groups is 1. The van der Waals surface area contributed by atoms with Crippen LogP contribution >= 0.6 is 0 Å². The number of carbonyl (C=O) groups excluding carboxylic acids is 1. The van der Waals surface area contributed by atoms with Gasteiger partial charge in [-0.1, -0.05) is 44.0 Å². The van der Waals surface area contributed by atoms with Gasteiger partial charge in [0.15, 0.2) is 5.76 Å². The molecule has 2 aromatic rings. The molecule has 0 atom stereocenters. The lowest BCUT2D eigenvalue weighted by Gasteiger charge is -2.34. The van der Waals surface area contributed by atoms with Crippen LogP contribution in [0, 0.1) is 6.92 Å². The molecule has 1 aliphatic carbocycles. The van der Waals surface area contributed by atoms with E-state index in [1.54, 1.807) is 0 Å². The first kappa shape index (κ1) is 18.4. The molecule has 1 fully saturated rings. The zero-order valence-corrected chi connectivity index (χ0v) is 17.2. The number of hydrogen-bond acceptors (Lipinski definition) is 4. The summed E-state index contributed by atoms with van der Waals surface area (Å²) in [6, 6.07) is 10.8. The Bertz CT molecular complexity index is 984. The van der Waals surface area contributed by atoms with Crippen molar-refractivity contribution in [1.82, 2.24) is 4.90 Å². The van der Waals surface area contributed by atoms with E-state index in [1.165, 1.54) is 31.2 Å². The van der Waals surface area contributed by atoms with Gasteiger partial charge in [0, 0.05) is 23.7 Å². The summed E-state index contributed by atoms with van der Waals surface area (Å²) in [5.74, 6) is 1.89. The molecule has 2 heterocycles. The van der Waals surface area contributed by atoms with Crippen molar-refractivity contribution in [3.8, 4) is 11.5 Å². The highest BCUT2D eigenvalue weighted by Gasteiger charge is 2.35. The minimum Gasteiger partial charge on any atom is -0.477 e. The van der Waals surface area contributed by atoms with E-state index in [-0.39, 0.29) is 5.78 Å². The second-order valence-electron chi connectivity index (χ2n) is 8.36. The van der Waals surface area contributed by atoms with Crippen molar-refractivity contribution in [3.63, 3.8) is 0 Å². The summed E-state index contributed by atoms with van der Waals surface area (Å²) in [5.41, 5.74) is 4.95. The number of benzene rings is 2. The van der Waals surface area contributed by atoms with E-state index in [0.717, 1.165) is 35.4 Å². The molecular weight excluding hydrogens is 362 g/mol. The summed E-state index contributed by atoms with van der Waals surface area (Å²) in [4.78, 5) is 15.5. The molecule has 0 radical (unpaired) electrons. The van der Waals surface area contributed by atoms with E-state index in [4.69, 9.17) is 9.47 Å². The van der Waals surface area contributed by atoms with Crippen LogP contribution in [-0.2, 0) is 13.0 Å². The summed E-state index contributed by atoms with van der Waals surface area (Å²) in [7, 11) is 0. The summed E-state index contributed by atoms with van der Waals surface area (Å²) < 4.78 is 12.2. The van der Waals surface area contributed by atoms with Crippen molar-refractivity contribution >= 4 is 11.9 Å². The Hall–Kier alpha value is -2.59. The number of rotatable bonds is 3. The van der Waals surface area contributed by atoms with Gasteiger partial charge in [0.1, 0.15) is 18.2 Å². The number of ketones is 1. The molecule has 4 nitrogen and oxygen atoms in total. The average molecular weight is 389 g/mol. The highest BCUT2D eigenvalue weighted by atomic mass is 16.5. The highest BCUT2D eigenvalue weighted by Crippen LogP contribution is 2.44. The predicted octanol–water partition coefficient (Wildman–Crippen LogP) is 5.27. The van der Waals surface area contributed by atoms with E-state index in [9.17, 15) is 4.79 Å². The fourth-order valence-corrected chi connectivity index (χ4v) is 4.77. The lowest BCUT2D eigenvalue weighted by molar-refractivity contribution is 0.0570. The Labute approximate surface area is 172 Å². The van der Waals surface area contributed by atoms with Crippen LogP contribution in [0.2, 0.25) is 0 Å². The average Bonchev–Trinajstić information content (AvgIpc) is 3.38. The standard InChI is InChI=1S/C25H27NO3/c1-3-17-8-10-18(11-9-17)12-22-23(27)21-13-19-14-26(20-6-4-5-7-20)15-28-24(19)16(2)25(21)29-22/h8-13,20H,3-7,14-15H2,1-2H3/b22-12-. The lowest BCUT2D eigenvalue weighted by atomic mass is 9.99. The predicted molar refractivity (Wildman–Crippen MR) is 113 cm³/mol. The molecule has 0 bridgehead atoms. The molecule has 2 aromatic carbocycles. The maximum atomic E-state index is 13.1. The molecule has 5 rings (SSSR count). The third kappa shape index (κ3) is 3.25. The number of Topliss-reactive ketones (excluding diaryl/α,β-unsaturated/α-hetero) is 1. The van der Waals surface area contributed by atoms with Crippen molar-refractivity contribution in [2.75, 3.05) is 6.73 Å². The van der Waals surface area contributed by atoms with Crippen LogP contribution in [0.15, 0.2) is 36.1 Å². The Morgan fingerprint density at radius 2 is 1.90 bits per heavy atom. The Kier molecular flexibility index (Phi) is 4.67. The molecule has 0 amide bonds. The monoisotopic (exact) mass is 389 g/mol. The van der Waals surface area contributed by atoms with Gasteiger partial charge in [-0.3, -0.25) is 9.69 Å². The maximum Gasteiger partial charge on any atom is 0.231 e. The number of ether oxygens (including phenoxy) is 2. The minimum absolute atomic E-state index is 0.0385. The topological polar surface area (TPSA) is 38.8 Å². The van der Waals surface area contributed by atoms with Crippen molar-refractivity contribution in [3.05, 3.63) is 63.9 Å². The lowest BCUT2D eigenvalue weighted by Crippen LogP contribution is -2.39. The summed E-state index contributed by atoms with van der Waals surface area (Å²) in [6.45, 7) is 5.60. The molecule has 3 aliphatic rings. The van der Waals surface area contributed by atoms with Gasteiger partial charge in [-0.05, 0) is 49.5 Å². The van der Waals surface area contributed by atoms with Crippen molar-refractivity contribution in [2.45, 2.75) is 58.5 Å². The van der Waals surface area contributed by atoms with E-state index in [1.807, 2.05) is 31.2 Å². The number of fused-ring (bicyclic) bond motifs is 2. The largest absolute Gasteiger partial charge is 0.477 e. The second-order valence-corrected chi connectivity index (χ2v) is 8.36. The number of aryl methyl sites for hydroxylation is 1. The third-order valence-electron chi connectivity index (χ3n) is 6.49. The molecule has 29 heavy (non-hydrogen) atoms. The van der Waals surface area contributed by atoms with Crippen LogP contribution < -0.4 is 9.47 Å². The van der Waals surface area contributed by atoms with Gasteiger partial charge in [-0.2, -0.15) is 0 Å². The molecule has 0 aromatic heterocycles. The fourth-order valence-electron chi connectivity index (χ4n) is 4.77. The van der Waals surface area contributed by atoms with Gasteiger partial charge < -0.3 is 9.47 Å². The Morgan fingerprint density at radius 1 is 1.14 bits per heavy atom. The van der Waals surface area contributed by atoms with Crippen molar-refractivity contribution in [2.24, 2.45) is 0 Å². The van der Waals surface area contributed by atoms with Gasteiger partial charge in [-0.25, -0.2) is 0 Å². The molecule has 2 aliphatic heterocycles. The van der Waals surface area contributed by atoms with Crippen LogP contribution in [0.1, 0.15) is 65.2 Å². The summed E-state index contributed by atoms with van der Waals surface area (Å²) in [6.07, 6.45) is 7.93. The Balaban J connectivity index is 1.44. The van der Waals surface area contributed by atoms with Gasteiger partial charge in [0.2, 0.25) is 5.78 Å². The summed E-state index contributed by atoms with van der Waals surface area (Å²) >= 11 is 0. The van der Waals surface area contributed by atoms with Crippen LogP contribution in [0.3, 0.4) is 0 Å². The van der Waals surface area contributed by atoms with Crippen molar-refractivity contribution in [1.29, 1.82) is 0 Å². The highest BCUT2D eigenvalue weighted by molar-refractivity contribution is 6.15. The van der Waals surface area contributed by atoms with Gasteiger partial charge in [0.25, 0.3) is 0 Å². The molecule has 0 unspecified atom stereocenters. The fraction of sp³-hybridized carbons (Fsp3) is 0.400. The quantitative estimate of drug-likeness (QED) is 0.671. The van der Waals surface area contributed by atoms with Crippen LogP contribution in [0.5, 0.6) is 11.5 Å². The first-order valence-corrected chi connectivity index (χ1v) is 10.7. The van der Waals surface area contributed by atoms with E-state index in [2.05, 4.69) is 24.0 Å². The first-order chi connectivity index (χ1) is 14.1. The molecule has 150 valence electrons. The number of hydrogen-bond donors (Lipinski definition) is 0. The first-order valence-electron chi connectivity index (χ1n) is 10.7. The minimum atomic E-state index is -0.0385. The number of nitrogens with zero attached hydrogens (tertiary/aromatic N) is 1. The molecule has 0 saturated heterocycles. The van der Waals surface area contributed by atoms with Crippen LogP contribution in [-0.4, -0.2) is 23.5 Å². The second kappa shape index (κ2) is 7.34. The van der Waals surface area contributed by atoms with Gasteiger partial charge in [-0.15, -0.1) is 0 Å². The normalized spacial score (nSPS) is 20.5. The van der Waals surface area contributed by atoms with Crippen LogP contribution in [0.4, 0.5) is 0 Å². The van der Waals surface area contributed by atoms with Gasteiger partial charge in [0.05, 0.1) is 5.56 Å².